The second-order valence-corrected chi connectivity index (χ2v) is 4.48. The number of hydrogen-bond acceptors (Lipinski definition) is 2. The van der Waals surface area contributed by atoms with E-state index in [1.54, 1.807) is 0 Å². The van der Waals surface area contributed by atoms with Gasteiger partial charge in [-0.15, -0.1) is 0 Å². The summed E-state index contributed by atoms with van der Waals surface area (Å²) in [6, 6.07) is 0.494. The lowest BCUT2D eigenvalue weighted by molar-refractivity contribution is 0.0294. The van der Waals surface area contributed by atoms with E-state index in [-0.39, 0.29) is 0 Å². The molecule has 0 aromatic rings. The summed E-state index contributed by atoms with van der Waals surface area (Å²) in [5.74, 6) is 0.871. The molecule has 0 radical (unpaired) electrons. The van der Waals surface area contributed by atoms with Gasteiger partial charge in [0.2, 0.25) is 0 Å². The zero-order valence-corrected chi connectivity index (χ0v) is 7.83. The summed E-state index contributed by atoms with van der Waals surface area (Å²) in [5.41, 5.74) is 5.73. The van der Waals surface area contributed by atoms with E-state index in [4.69, 9.17) is 10.5 Å². The topological polar surface area (TPSA) is 35.2 Å². The highest BCUT2D eigenvalue weighted by Gasteiger charge is 2.31. The first-order valence-electron chi connectivity index (χ1n) is 5.15. The van der Waals surface area contributed by atoms with Crippen molar-refractivity contribution in [2.45, 2.75) is 57.3 Å². The Bertz CT molecular complexity index is 154. The maximum absolute atomic E-state index is 5.76. The normalized spacial score (nSPS) is 47.5. The average Bonchev–Trinajstić information content (AvgIpc) is 2.33. The largest absolute Gasteiger partial charge is 0.375 e. The second-order valence-electron chi connectivity index (χ2n) is 4.48. The van der Waals surface area contributed by atoms with E-state index in [9.17, 15) is 0 Å². The molecule has 12 heavy (non-hydrogen) atoms. The third-order valence-electron chi connectivity index (χ3n) is 3.19. The lowest BCUT2D eigenvalue weighted by Gasteiger charge is -2.34. The van der Waals surface area contributed by atoms with Gasteiger partial charge in [-0.1, -0.05) is 0 Å². The predicted octanol–water partition coefficient (Wildman–Crippen LogP) is 1.68. The molecule has 2 heteroatoms. The van der Waals surface area contributed by atoms with Gasteiger partial charge in [0.15, 0.2) is 0 Å². The predicted molar refractivity (Wildman–Crippen MR) is 48.9 cm³/mol. The summed E-state index contributed by atoms with van der Waals surface area (Å²) in [4.78, 5) is 0. The van der Waals surface area contributed by atoms with Crippen molar-refractivity contribution in [2.24, 2.45) is 11.7 Å². The minimum atomic E-state index is 0.494. The molecule has 2 N–H and O–H groups in total. The zero-order valence-electron chi connectivity index (χ0n) is 7.83. The molecule has 1 saturated carbocycles. The molecule has 1 aliphatic carbocycles. The van der Waals surface area contributed by atoms with Crippen LogP contribution in [0.1, 0.15) is 39.0 Å². The van der Waals surface area contributed by atoms with Crippen molar-refractivity contribution in [3.8, 4) is 0 Å². The van der Waals surface area contributed by atoms with Gasteiger partial charge in [-0.25, -0.2) is 0 Å². The molecule has 2 nitrogen and oxygen atoms in total. The highest BCUT2D eigenvalue weighted by Crippen LogP contribution is 2.34. The van der Waals surface area contributed by atoms with Crippen LogP contribution in [0.2, 0.25) is 0 Å². The summed E-state index contributed by atoms with van der Waals surface area (Å²) >= 11 is 0. The summed E-state index contributed by atoms with van der Waals surface area (Å²) in [6.45, 7) is 2.17. The number of ether oxygens (including phenoxy) is 1. The summed E-state index contributed by atoms with van der Waals surface area (Å²) in [5, 5.41) is 0. The Morgan fingerprint density at radius 2 is 2.08 bits per heavy atom. The van der Waals surface area contributed by atoms with Crippen LogP contribution in [0.3, 0.4) is 0 Å². The Labute approximate surface area is 74.5 Å². The van der Waals surface area contributed by atoms with Gasteiger partial charge < -0.3 is 10.5 Å². The van der Waals surface area contributed by atoms with Gasteiger partial charge in [0, 0.05) is 6.04 Å². The molecular formula is C10H19NO. The smallest absolute Gasteiger partial charge is 0.0582 e. The number of rotatable bonds is 2. The molecule has 1 saturated heterocycles. The summed E-state index contributed by atoms with van der Waals surface area (Å²) in [7, 11) is 0. The molecule has 70 valence electrons. The van der Waals surface area contributed by atoms with Crippen LogP contribution in [0.5, 0.6) is 0 Å². The molecule has 0 aromatic heterocycles. The first kappa shape index (κ1) is 8.52. The fourth-order valence-electron chi connectivity index (χ4n) is 2.41. The van der Waals surface area contributed by atoms with E-state index in [0.29, 0.717) is 18.2 Å². The van der Waals surface area contributed by atoms with Crippen LogP contribution in [-0.4, -0.2) is 18.2 Å². The van der Waals surface area contributed by atoms with Crippen molar-refractivity contribution in [3.63, 3.8) is 0 Å². The van der Waals surface area contributed by atoms with Gasteiger partial charge in [0.05, 0.1) is 12.2 Å². The Balaban J connectivity index is 1.67. The molecule has 0 spiro atoms. The minimum absolute atomic E-state index is 0.494. The molecule has 2 fully saturated rings. The molecule has 1 heterocycles. The van der Waals surface area contributed by atoms with Crippen LogP contribution >= 0.6 is 0 Å². The van der Waals surface area contributed by atoms with Crippen molar-refractivity contribution < 1.29 is 4.74 Å². The third-order valence-corrected chi connectivity index (χ3v) is 3.19. The van der Waals surface area contributed by atoms with Gasteiger partial charge in [0.25, 0.3) is 0 Å². The quantitative estimate of drug-likeness (QED) is 0.682. The van der Waals surface area contributed by atoms with Crippen LogP contribution in [0.15, 0.2) is 0 Å². The molecular weight excluding hydrogens is 150 g/mol. The lowest BCUT2D eigenvalue weighted by Crippen LogP contribution is -2.37. The van der Waals surface area contributed by atoms with Crippen LogP contribution in [0.25, 0.3) is 0 Å². The Kier molecular flexibility index (Phi) is 2.37. The van der Waals surface area contributed by atoms with Crippen molar-refractivity contribution >= 4 is 0 Å². The van der Waals surface area contributed by atoms with E-state index in [0.717, 1.165) is 5.92 Å². The number of hydrogen-bond donors (Lipinski definition) is 1. The Morgan fingerprint density at radius 3 is 2.58 bits per heavy atom. The zero-order chi connectivity index (χ0) is 8.55. The molecule has 2 rings (SSSR count). The van der Waals surface area contributed by atoms with Crippen LogP contribution in [-0.2, 0) is 4.74 Å². The van der Waals surface area contributed by atoms with Gasteiger partial charge in [-0.2, -0.15) is 0 Å². The second kappa shape index (κ2) is 3.35. The maximum atomic E-state index is 5.76. The molecule has 2 atom stereocenters. The van der Waals surface area contributed by atoms with Crippen molar-refractivity contribution in [1.29, 1.82) is 0 Å². The standard InChI is InChI=1S/C10H19NO/c1-7-2-3-10(12-7)6-8-4-9(11)5-8/h7-10H,2-6,11H2,1H3. The fourth-order valence-corrected chi connectivity index (χ4v) is 2.41. The van der Waals surface area contributed by atoms with Gasteiger partial charge in [-0.3, -0.25) is 0 Å². The van der Waals surface area contributed by atoms with Crippen LogP contribution in [0, 0.1) is 5.92 Å². The highest BCUT2D eigenvalue weighted by molar-refractivity contribution is 4.85. The Morgan fingerprint density at radius 1 is 1.33 bits per heavy atom. The molecule has 2 unspecified atom stereocenters. The van der Waals surface area contributed by atoms with E-state index in [1.165, 1.54) is 32.1 Å². The molecule has 2 aliphatic rings. The summed E-state index contributed by atoms with van der Waals surface area (Å²) < 4.78 is 5.76. The first-order chi connectivity index (χ1) is 5.74. The van der Waals surface area contributed by atoms with Gasteiger partial charge >= 0.3 is 0 Å². The van der Waals surface area contributed by atoms with Crippen molar-refractivity contribution in [3.05, 3.63) is 0 Å². The third kappa shape index (κ3) is 1.80. The lowest BCUT2D eigenvalue weighted by atomic mass is 9.77. The Hall–Kier alpha value is -0.0800. The minimum Gasteiger partial charge on any atom is -0.375 e. The van der Waals surface area contributed by atoms with Crippen molar-refractivity contribution in [1.82, 2.24) is 0 Å². The van der Waals surface area contributed by atoms with Gasteiger partial charge in [0.1, 0.15) is 0 Å². The molecule has 0 bridgehead atoms. The van der Waals surface area contributed by atoms with Crippen LogP contribution in [0.4, 0.5) is 0 Å². The van der Waals surface area contributed by atoms with E-state index in [2.05, 4.69) is 6.92 Å². The fraction of sp³-hybridized carbons (Fsp3) is 1.00. The monoisotopic (exact) mass is 169 g/mol. The first-order valence-corrected chi connectivity index (χ1v) is 5.15. The molecule has 0 aromatic carbocycles. The van der Waals surface area contributed by atoms with Gasteiger partial charge in [-0.05, 0) is 44.9 Å². The number of nitrogens with two attached hydrogens (primary N) is 1. The van der Waals surface area contributed by atoms with E-state index < -0.39 is 0 Å². The molecule has 0 amide bonds. The SMILES string of the molecule is CC1CCC(CC2CC(N)C2)O1. The van der Waals surface area contributed by atoms with E-state index in [1.807, 2.05) is 0 Å². The van der Waals surface area contributed by atoms with E-state index >= 15 is 0 Å². The summed E-state index contributed by atoms with van der Waals surface area (Å²) in [6.07, 6.45) is 7.30. The average molecular weight is 169 g/mol. The van der Waals surface area contributed by atoms with Crippen LogP contribution < -0.4 is 5.73 Å². The van der Waals surface area contributed by atoms with Crippen molar-refractivity contribution in [2.75, 3.05) is 0 Å². The maximum Gasteiger partial charge on any atom is 0.0582 e. The highest BCUT2D eigenvalue weighted by atomic mass is 16.5. The molecule has 1 aliphatic heterocycles.